The minimum atomic E-state index is -1.00. The summed E-state index contributed by atoms with van der Waals surface area (Å²) in [4.78, 5) is 36.6. The van der Waals surface area contributed by atoms with Gasteiger partial charge in [0.05, 0.1) is 19.3 Å². The molecule has 0 spiro atoms. The van der Waals surface area contributed by atoms with Crippen molar-refractivity contribution in [2.45, 2.75) is 13.0 Å². The first-order chi connectivity index (χ1) is 8.99. The van der Waals surface area contributed by atoms with Crippen molar-refractivity contribution < 1.29 is 24.2 Å². The second-order valence-electron chi connectivity index (χ2n) is 4.42. The molecule has 1 fully saturated rings. The molecule has 0 aliphatic carbocycles. The number of aromatic amines is 1. The molecule has 19 heavy (non-hydrogen) atoms. The highest BCUT2D eigenvalue weighted by Crippen LogP contribution is 2.14. The van der Waals surface area contributed by atoms with Gasteiger partial charge in [0.2, 0.25) is 0 Å². The summed E-state index contributed by atoms with van der Waals surface area (Å²) in [6.45, 7) is 1.66. The average Bonchev–Trinajstić information content (AvgIpc) is 2.96. The largest absolute Gasteiger partial charge is 0.481 e. The molecule has 1 aromatic heterocycles. The monoisotopic (exact) mass is 266 g/mol. The molecule has 102 valence electrons. The molecule has 7 heteroatoms. The van der Waals surface area contributed by atoms with Crippen LogP contribution >= 0.6 is 0 Å². The van der Waals surface area contributed by atoms with Crippen LogP contribution in [0.15, 0.2) is 12.3 Å². The number of amides is 1. The second kappa shape index (κ2) is 5.23. The quantitative estimate of drug-likeness (QED) is 0.667. The van der Waals surface area contributed by atoms with Gasteiger partial charge in [0.25, 0.3) is 5.91 Å². The van der Waals surface area contributed by atoms with Crippen molar-refractivity contribution in [1.29, 1.82) is 0 Å². The average molecular weight is 266 g/mol. The lowest BCUT2D eigenvalue weighted by molar-refractivity contribution is -0.142. The summed E-state index contributed by atoms with van der Waals surface area (Å²) in [5.74, 6) is -2.35. The van der Waals surface area contributed by atoms with Crippen LogP contribution in [0.3, 0.4) is 0 Å². The fourth-order valence-corrected chi connectivity index (χ4v) is 1.91. The summed E-state index contributed by atoms with van der Waals surface area (Å²) in [7, 11) is 0. The summed E-state index contributed by atoms with van der Waals surface area (Å²) in [5, 5.41) is 11.6. The number of carbonyl (C=O) groups excluding carboxylic acids is 2. The Hall–Kier alpha value is -2.15. The van der Waals surface area contributed by atoms with E-state index in [0.717, 1.165) is 0 Å². The normalized spacial score (nSPS) is 22.2. The lowest BCUT2D eigenvalue weighted by atomic mass is 10.0. The molecule has 3 N–H and O–H groups in total. The first kappa shape index (κ1) is 13.3. The molecule has 1 saturated heterocycles. The summed E-state index contributed by atoms with van der Waals surface area (Å²) in [5.41, 5.74) is 0.629. The van der Waals surface area contributed by atoms with Crippen LogP contribution in [0, 0.1) is 5.92 Å². The number of aliphatic carboxylic acids is 1. The van der Waals surface area contributed by atoms with Gasteiger partial charge >= 0.3 is 5.97 Å². The molecule has 1 aliphatic heterocycles. The van der Waals surface area contributed by atoms with Crippen LogP contribution in [0.2, 0.25) is 0 Å². The Bertz CT molecular complexity index is 522. The fourth-order valence-electron chi connectivity index (χ4n) is 1.91. The second-order valence-corrected chi connectivity index (χ2v) is 4.42. The molecular weight excluding hydrogens is 252 g/mol. The predicted octanol–water partition coefficient (Wildman–Crippen LogP) is 0.0467. The van der Waals surface area contributed by atoms with Crippen molar-refractivity contribution in [1.82, 2.24) is 10.3 Å². The van der Waals surface area contributed by atoms with Crippen molar-refractivity contribution >= 4 is 17.7 Å². The highest BCUT2D eigenvalue weighted by atomic mass is 16.5. The molecule has 2 heterocycles. The molecule has 0 aromatic carbocycles. The number of H-pyrrole nitrogens is 1. The van der Waals surface area contributed by atoms with E-state index in [-0.39, 0.29) is 24.7 Å². The van der Waals surface area contributed by atoms with E-state index in [1.807, 2.05) is 0 Å². The summed E-state index contributed by atoms with van der Waals surface area (Å²) in [6.07, 6.45) is 1.44. The maximum absolute atomic E-state index is 11.9. The van der Waals surface area contributed by atoms with E-state index < -0.39 is 23.8 Å². The molecule has 0 bridgehead atoms. The van der Waals surface area contributed by atoms with Gasteiger partial charge in [0.1, 0.15) is 11.6 Å². The summed E-state index contributed by atoms with van der Waals surface area (Å²) < 4.78 is 5.05. The maximum Gasteiger partial charge on any atom is 0.311 e. The van der Waals surface area contributed by atoms with Gasteiger partial charge in [-0.2, -0.15) is 0 Å². The first-order valence-corrected chi connectivity index (χ1v) is 5.80. The van der Waals surface area contributed by atoms with Gasteiger partial charge in [-0.3, -0.25) is 14.4 Å². The Kier molecular flexibility index (Phi) is 3.66. The molecule has 1 aromatic rings. The lowest BCUT2D eigenvalue weighted by Crippen LogP contribution is -2.42. The fraction of sp³-hybridized carbons (Fsp3) is 0.417. The van der Waals surface area contributed by atoms with Crippen molar-refractivity contribution in [2.75, 3.05) is 13.2 Å². The number of Topliss-reactive ketones (excluding diaryl/α,β-unsaturated/α-hetero) is 1. The highest BCUT2D eigenvalue weighted by Gasteiger charge is 2.35. The number of ketones is 1. The maximum atomic E-state index is 11.9. The van der Waals surface area contributed by atoms with Crippen molar-refractivity contribution in [3.05, 3.63) is 23.5 Å². The standard InChI is InChI=1S/C12H14N2O5/c1-6(15)7-2-9(13-3-7)11(16)14-10-5-19-4-8(10)12(17)18/h2-3,8,10,13H,4-5H2,1H3,(H,14,16)(H,17,18). The van der Waals surface area contributed by atoms with Crippen LogP contribution in [-0.4, -0.2) is 47.0 Å². The van der Waals surface area contributed by atoms with Gasteiger partial charge in [-0.05, 0) is 13.0 Å². The van der Waals surface area contributed by atoms with E-state index in [2.05, 4.69) is 10.3 Å². The smallest absolute Gasteiger partial charge is 0.311 e. The van der Waals surface area contributed by atoms with E-state index >= 15 is 0 Å². The van der Waals surface area contributed by atoms with Gasteiger partial charge in [0.15, 0.2) is 5.78 Å². The van der Waals surface area contributed by atoms with Gasteiger partial charge in [-0.15, -0.1) is 0 Å². The van der Waals surface area contributed by atoms with Crippen molar-refractivity contribution in [3.8, 4) is 0 Å². The van der Waals surface area contributed by atoms with Crippen LogP contribution < -0.4 is 5.32 Å². The van der Waals surface area contributed by atoms with Crippen LogP contribution in [-0.2, 0) is 9.53 Å². The van der Waals surface area contributed by atoms with Crippen molar-refractivity contribution in [3.63, 3.8) is 0 Å². The molecule has 1 amide bonds. The molecule has 0 saturated carbocycles. The van der Waals surface area contributed by atoms with E-state index in [1.165, 1.54) is 19.2 Å². The van der Waals surface area contributed by atoms with Gasteiger partial charge < -0.3 is 20.1 Å². The SMILES string of the molecule is CC(=O)c1c[nH]c(C(=O)NC2COCC2C(=O)O)c1. The summed E-state index contributed by atoms with van der Waals surface area (Å²) in [6, 6.07) is 0.873. The number of hydrogen-bond donors (Lipinski definition) is 3. The lowest BCUT2D eigenvalue weighted by Gasteiger charge is -2.14. The van der Waals surface area contributed by atoms with Crippen LogP contribution in [0.5, 0.6) is 0 Å². The molecule has 2 rings (SSSR count). The molecule has 0 radical (unpaired) electrons. The Labute approximate surface area is 108 Å². The number of carbonyl (C=O) groups is 3. The molecule has 2 unspecified atom stereocenters. The van der Waals surface area contributed by atoms with E-state index in [9.17, 15) is 14.4 Å². The number of nitrogens with one attached hydrogen (secondary N) is 2. The minimum Gasteiger partial charge on any atom is -0.481 e. The molecule has 7 nitrogen and oxygen atoms in total. The van der Waals surface area contributed by atoms with Gasteiger partial charge in [-0.25, -0.2) is 0 Å². The van der Waals surface area contributed by atoms with Crippen molar-refractivity contribution in [2.24, 2.45) is 5.92 Å². The number of ether oxygens (including phenoxy) is 1. The Morgan fingerprint density at radius 2 is 2.16 bits per heavy atom. The Morgan fingerprint density at radius 3 is 2.74 bits per heavy atom. The third-order valence-electron chi connectivity index (χ3n) is 3.05. The Morgan fingerprint density at radius 1 is 1.42 bits per heavy atom. The predicted molar refractivity (Wildman–Crippen MR) is 64.0 cm³/mol. The third-order valence-corrected chi connectivity index (χ3v) is 3.05. The number of aromatic nitrogens is 1. The number of carboxylic acid groups (broad SMARTS) is 1. The zero-order chi connectivity index (χ0) is 14.0. The van der Waals surface area contributed by atoms with E-state index in [4.69, 9.17) is 9.84 Å². The number of carboxylic acids is 1. The molecule has 1 aliphatic rings. The topological polar surface area (TPSA) is 108 Å². The van der Waals surface area contributed by atoms with Gasteiger partial charge in [-0.1, -0.05) is 0 Å². The van der Waals surface area contributed by atoms with Crippen LogP contribution in [0.25, 0.3) is 0 Å². The number of hydrogen-bond acceptors (Lipinski definition) is 4. The van der Waals surface area contributed by atoms with Crippen LogP contribution in [0.1, 0.15) is 27.8 Å². The van der Waals surface area contributed by atoms with Gasteiger partial charge in [0, 0.05) is 11.8 Å². The highest BCUT2D eigenvalue weighted by molar-refractivity contribution is 5.99. The molecular formula is C12H14N2O5. The summed E-state index contributed by atoms with van der Waals surface area (Å²) >= 11 is 0. The number of rotatable bonds is 4. The van der Waals surface area contributed by atoms with E-state index in [0.29, 0.717) is 5.56 Å². The van der Waals surface area contributed by atoms with Crippen LogP contribution in [0.4, 0.5) is 0 Å². The Balaban J connectivity index is 2.04. The molecule has 2 atom stereocenters. The zero-order valence-electron chi connectivity index (χ0n) is 10.3. The van der Waals surface area contributed by atoms with E-state index in [1.54, 1.807) is 0 Å². The zero-order valence-corrected chi connectivity index (χ0v) is 10.3. The third kappa shape index (κ3) is 2.82. The minimum absolute atomic E-state index is 0.0870. The first-order valence-electron chi connectivity index (χ1n) is 5.80.